The van der Waals surface area contributed by atoms with Gasteiger partial charge in [0.2, 0.25) is 0 Å². The summed E-state index contributed by atoms with van der Waals surface area (Å²) in [6.45, 7) is 1.03. The van der Waals surface area contributed by atoms with Gasteiger partial charge in [-0.1, -0.05) is 6.07 Å². The van der Waals surface area contributed by atoms with E-state index in [0.717, 1.165) is 17.0 Å². The molecule has 0 aliphatic heterocycles. The van der Waals surface area contributed by atoms with Crippen molar-refractivity contribution in [3.05, 3.63) is 22.8 Å². The number of nitrogens with zero attached hydrogens (tertiary/aromatic N) is 1. The Hall–Kier alpha value is -0.220. The van der Waals surface area contributed by atoms with Crippen LogP contribution in [0.2, 0.25) is 0 Å². The Bertz CT molecular complexity index is 326. The van der Waals surface area contributed by atoms with E-state index in [2.05, 4.69) is 32.5 Å². The molecule has 1 saturated carbocycles. The van der Waals surface area contributed by atoms with Gasteiger partial charge in [0, 0.05) is 11.3 Å². The molecule has 2 rings (SSSR count). The topological polar surface area (TPSA) is 24.9 Å². The number of pyridine rings is 1. The molecule has 0 amide bonds. The zero-order valence-electron chi connectivity index (χ0n) is 8.09. The second kappa shape index (κ2) is 4.11. The maximum Gasteiger partial charge on any atom is 0.127 e. The van der Waals surface area contributed by atoms with E-state index in [1.165, 1.54) is 12.8 Å². The average Bonchev–Trinajstić information content (AvgIpc) is 2.96. The number of aromatic nitrogens is 1. The van der Waals surface area contributed by atoms with Crippen LogP contribution in [0, 0.1) is 0 Å². The van der Waals surface area contributed by atoms with Crippen LogP contribution < -0.4 is 5.32 Å². The van der Waals surface area contributed by atoms with Gasteiger partial charge in [-0.2, -0.15) is 11.8 Å². The van der Waals surface area contributed by atoms with Crippen LogP contribution in [0.3, 0.4) is 0 Å². The molecule has 0 radical (unpaired) electrons. The summed E-state index contributed by atoms with van der Waals surface area (Å²) in [6, 6.07) is 5.94. The summed E-state index contributed by atoms with van der Waals surface area (Å²) in [7, 11) is 0. The van der Waals surface area contributed by atoms with E-state index in [4.69, 9.17) is 0 Å². The Morgan fingerprint density at radius 1 is 1.57 bits per heavy atom. The van der Waals surface area contributed by atoms with Crippen molar-refractivity contribution in [1.82, 2.24) is 4.98 Å². The largest absolute Gasteiger partial charge is 0.369 e. The van der Waals surface area contributed by atoms with Crippen LogP contribution in [0.1, 0.15) is 12.8 Å². The van der Waals surface area contributed by atoms with Crippen LogP contribution in [0.4, 0.5) is 5.82 Å². The minimum Gasteiger partial charge on any atom is -0.369 e. The number of hydrogen-bond acceptors (Lipinski definition) is 3. The molecule has 76 valence electrons. The third kappa shape index (κ3) is 2.42. The fourth-order valence-corrected chi connectivity index (χ4v) is 2.42. The predicted molar refractivity (Wildman–Crippen MR) is 65.9 cm³/mol. The lowest BCUT2D eigenvalue weighted by Crippen LogP contribution is -2.17. The Kier molecular flexibility index (Phi) is 3.02. The molecule has 14 heavy (non-hydrogen) atoms. The lowest BCUT2D eigenvalue weighted by Gasteiger charge is -2.13. The SMILES string of the molecule is CSC1(CNc2cccc(Br)n2)CC1. The van der Waals surface area contributed by atoms with Crippen LogP contribution in [-0.2, 0) is 0 Å². The van der Waals surface area contributed by atoms with Crippen molar-refractivity contribution < 1.29 is 0 Å². The number of hydrogen-bond donors (Lipinski definition) is 1. The molecule has 0 atom stereocenters. The molecule has 2 nitrogen and oxygen atoms in total. The van der Waals surface area contributed by atoms with Gasteiger partial charge in [0.15, 0.2) is 0 Å². The van der Waals surface area contributed by atoms with Crippen LogP contribution in [0.15, 0.2) is 22.8 Å². The first-order chi connectivity index (χ1) is 6.74. The molecule has 1 aliphatic rings. The lowest BCUT2D eigenvalue weighted by atomic mass is 10.4. The third-order valence-corrected chi connectivity index (χ3v) is 4.41. The summed E-state index contributed by atoms with van der Waals surface area (Å²) in [5.74, 6) is 0.958. The van der Waals surface area contributed by atoms with Crippen LogP contribution in [-0.4, -0.2) is 22.5 Å². The minimum absolute atomic E-state index is 0.490. The summed E-state index contributed by atoms with van der Waals surface area (Å²) < 4.78 is 1.38. The molecular formula is C10H13BrN2S. The van der Waals surface area contributed by atoms with E-state index in [-0.39, 0.29) is 0 Å². The van der Waals surface area contributed by atoms with E-state index in [1.54, 1.807) is 0 Å². The van der Waals surface area contributed by atoms with Crippen LogP contribution >= 0.6 is 27.7 Å². The number of thioether (sulfide) groups is 1. The summed E-state index contributed by atoms with van der Waals surface area (Å²) >= 11 is 5.32. The van der Waals surface area contributed by atoms with E-state index in [9.17, 15) is 0 Å². The van der Waals surface area contributed by atoms with Crippen molar-refractivity contribution in [2.45, 2.75) is 17.6 Å². The maximum absolute atomic E-state index is 4.33. The van der Waals surface area contributed by atoms with Crippen LogP contribution in [0.5, 0.6) is 0 Å². The van der Waals surface area contributed by atoms with Gasteiger partial charge in [-0.05, 0) is 47.2 Å². The van der Waals surface area contributed by atoms with Crippen molar-refractivity contribution in [3.8, 4) is 0 Å². The molecule has 0 saturated heterocycles. The molecule has 4 heteroatoms. The van der Waals surface area contributed by atoms with Gasteiger partial charge < -0.3 is 5.32 Å². The van der Waals surface area contributed by atoms with E-state index in [1.807, 2.05) is 30.0 Å². The molecule has 0 spiro atoms. The highest BCUT2D eigenvalue weighted by molar-refractivity contribution is 9.10. The number of halogens is 1. The zero-order chi connectivity index (χ0) is 10.0. The molecule has 1 heterocycles. The number of rotatable bonds is 4. The Morgan fingerprint density at radius 2 is 2.36 bits per heavy atom. The Morgan fingerprint density at radius 3 is 2.93 bits per heavy atom. The highest BCUT2D eigenvalue weighted by atomic mass is 79.9. The summed E-state index contributed by atoms with van der Waals surface area (Å²) in [5, 5.41) is 3.38. The van der Waals surface area contributed by atoms with Gasteiger partial charge in [-0.15, -0.1) is 0 Å². The van der Waals surface area contributed by atoms with Gasteiger partial charge in [0.1, 0.15) is 10.4 Å². The summed E-state index contributed by atoms with van der Waals surface area (Å²) in [5.41, 5.74) is 0. The predicted octanol–water partition coefficient (Wildman–Crippen LogP) is 3.15. The zero-order valence-corrected chi connectivity index (χ0v) is 10.5. The smallest absolute Gasteiger partial charge is 0.127 e. The van der Waals surface area contributed by atoms with E-state index in [0.29, 0.717) is 4.75 Å². The van der Waals surface area contributed by atoms with Gasteiger partial charge in [0.25, 0.3) is 0 Å². The van der Waals surface area contributed by atoms with Crippen molar-refractivity contribution >= 4 is 33.5 Å². The molecule has 0 unspecified atom stereocenters. The molecule has 0 aromatic carbocycles. The first kappa shape index (κ1) is 10.3. The molecular weight excluding hydrogens is 260 g/mol. The van der Waals surface area contributed by atoms with Gasteiger partial charge in [-0.3, -0.25) is 0 Å². The maximum atomic E-state index is 4.33. The fraction of sp³-hybridized carbons (Fsp3) is 0.500. The lowest BCUT2D eigenvalue weighted by molar-refractivity contribution is 0.939. The third-order valence-electron chi connectivity index (χ3n) is 2.55. The van der Waals surface area contributed by atoms with Gasteiger partial charge in [-0.25, -0.2) is 4.98 Å². The number of nitrogens with one attached hydrogen (secondary N) is 1. The van der Waals surface area contributed by atoms with Crippen LogP contribution in [0.25, 0.3) is 0 Å². The highest BCUT2D eigenvalue weighted by Crippen LogP contribution is 2.46. The summed E-state index contributed by atoms with van der Waals surface area (Å²) in [6.07, 6.45) is 4.84. The molecule has 1 N–H and O–H groups in total. The molecule has 1 aromatic rings. The van der Waals surface area contributed by atoms with Crippen molar-refractivity contribution in [2.24, 2.45) is 0 Å². The normalized spacial score (nSPS) is 17.9. The fourth-order valence-electron chi connectivity index (χ4n) is 1.35. The Balaban J connectivity index is 1.92. The molecule has 0 bridgehead atoms. The first-order valence-corrected chi connectivity index (χ1v) is 6.67. The molecule has 1 aromatic heterocycles. The monoisotopic (exact) mass is 272 g/mol. The number of anilines is 1. The van der Waals surface area contributed by atoms with Crippen molar-refractivity contribution in [1.29, 1.82) is 0 Å². The van der Waals surface area contributed by atoms with Gasteiger partial charge in [0.05, 0.1) is 0 Å². The van der Waals surface area contributed by atoms with Crippen molar-refractivity contribution in [3.63, 3.8) is 0 Å². The van der Waals surface area contributed by atoms with Crippen molar-refractivity contribution in [2.75, 3.05) is 18.1 Å². The molecule has 1 fully saturated rings. The summed E-state index contributed by atoms with van der Waals surface area (Å²) in [4.78, 5) is 4.33. The second-order valence-electron chi connectivity index (χ2n) is 3.59. The average molecular weight is 273 g/mol. The standard InChI is InChI=1S/C10H13BrN2S/c1-14-10(5-6-10)7-12-9-4-2-3-8(11)13-9/h2-4H,5-7H2,1H3,(H,12,13). The van der Waals surface area contributed by atoms with Gasteiger partial charge >= 0.3 is 0 Å². The minimum atomic E-state index is 0.490. The molecule has 1 aliphatic carbocycles. The second-order valence-corrected chi connectivity index (χ2v) is 5.67. The Labute approximate surface area is 97.0 Å². The highest BCUT2D eigenvalue weighted by Gasteiger charge is 2.41. The first-order valence-electron chi connectivity index (χ1n) is 4.66. The van der Waals surface area contributed by atoms with E-state index < -0.39 is 0 Å². The quantitative estimate of drug-likeness (QED) is 0.853. The van der Waals surface area contributed by atoms with E-state index >= 15 is 0 Å².